The summed E-state index contributed by atoms with van der Waals surface area (Å²) in [5.41, 5.74) is 3.85. The normalized spacial score (nSPS) is 15.7. The van der Waals surface area contributed by atoms with Crippen LogP contribution in [-0.2, 0) is 6.42 Å². The van der Waals surface area contributed by atoms with Gasteiger partial charge in [0.1, 0.15) is 5.75 Å². The van der Waals surface area contributed by atoms with Crippen molar-refractivity contribution in [1.29, 1.82) is 0 Å². The van der Waals surface area contributed by atoms with Crippen LogP contribution in [0.5, 0.6) is 5.75 Å². The van der Waals surface area contributed by atoms with Gasteiger partial charge in [-0.15, -0.1) is 11.8 Å². The lowest BCUT2D eigenvalue weighted by atomic mass is 9.86. The fraction of sp³-hybridized carbons (Fsp3) is 0.211. The highest BCUT2D eigenvalue weighted by atomic mass is 32.2. The summed E-state index contributed by atoms with van der Waals surface area (Å²) in [6, 6.07) is 14.0. The van der Waals surface area contributed by atoms with Crippen molar-refractivity contribution in [3.05, 3.63) is 64.7 Å². The maximum atomic E-state index is 12.6. The van der Waals surface area contributed by atoms with Gasteiger partial charge >= 0.3 is 0 Å². The molecule has 22 heavy (non-hydrogen) atoms. The van der Waals surface area contributed by atoms with Crippen LogP contribution in [0.15, 0.2) is 52.9 Å². The number of fused-ring (bicyclic) bond motifs is 1. The molecule has 1 aliphatic carbocycles. The summed E-state index contributed by atoms with van der Waals surface area (Å²) >= 11 is 1.72. The summed E-state index contributed by atoms with van der Waals surface area (Å²) in [7, 11) is 1.65. The molecule has 0 atom stereocenters. The minimum absolute atomic E-state index is 0.137. The molecule has 0 spiro atoms. The van der Waals surface area contributed by atoms with Crippen molar-refractivity contribution >= 4 is 23.6 Å². The molecule has 0 aromatic heterocycles. The van der Waals surface area contributed by atoms with Crippen molar-refractivity contribution in [3.63, 3.8) is 0 Å². The van der Waals surface area contributed by atoms with Crippen molar-refractivity contribution in [2.75, 3.05) is 13.4 Å². The molecule has 2 nitrogen and oxygen atoms in total. The molecular weight excluding hydrogens is 292 g/mol. The van der Waals surface area contributed by atoms with E-state index in [-0.39, 0.29) is 5.78 Å². The molecule has 0 fully saturated rings. The number of benzene rings is 2. The number of Topliss-reactive ketones (excluding diaryl/α,β-unsaturated/α-hetero) is 1. The van der Waals surface area contributed by atoms with Crippen molar-refractivity contribution in [2.24, 2.45) is 0 Å². The number of methoxy groups -OCH3 is 1. The van der Waals surface area contributed by atoms with Crippen molar-refractivity contribution in [1.82, 2.24) is 0 Å². The molecule has 0 unspecified atom stereocenters. The second-order valence-electron chi connectivity index (χ2n) is 5.29. The summed E-state index contributed by atoms with van der Waals surface area (Å²) in [6.07, 6.45) is 5.74. The Hall–Kier alpha value is -2.00. The molecule has 1 aliphatic rings. The first-order valence-corrected chi connectivity index (χ1v) is 8.50. The van der Waals surface area contributed by atoms with Crippen LogP contribution in [0.25, 0.3) is 6.08 Å². The van der Waals surface area contributed by atoms with E-state index in [4.69, 9.17) is 4.74 Å². The minimum atomic E-state index is 0.137. The van der Waals surface area contributed by atoms with E-state index < -0.39 is 0 Å². The number of ether oxygens (including phenoxy) is 1. The maximum absolute atomic E-state index is 12.6. The number of ketones is 1. The van der Waals surface area contributed by atoms with Gasteiger partial charge in [-0.3, -0.25) is 4.79 Å². The molecule has 2 aromatic carbocycles. The van der Waals surface area contributed by atoms with Gasteiger partial charge in [-0.25, -0.2) is 0 Å². The topological polar surface area (TPSA) is 26.3 Å². The molecule has 0 bridgehead atoms. The van der Waals surface area contributed by atoms with Gasteiger partial charge in [0.15, 0.2) is 5.78 Å². The van der Waals surface area contributed by atoms with Gasteiger partial charge in [0, 0.05) is 16.0 Å². The second-order valence-corrected chi connectivity index (χ2v) is 6.17. The first kappa shape index (κ1) is 14.9. The first-order valence-electron chi connectivity index (χ1n) is 7.27. The minimum Gasteiger partial charge on any atom is -0.497 e. The summed E-state index contributed by atoms with van der Waals surface area (Å²) in [6.45, 7) is 0. The fourth-order valence-electron chi connectivity index (χ4n) is 2.72. The molecule has 2 aromatic rings. The Morgan fingerprint density at radius 2 is 1.86 bits per heavy atom. The number of aryl methyl sites for hydroxylation is 1. The van der Waals surface area contributed by atoms with Crippen LogP contribution >= 0.6 is 11.8 Å². The van der Waals surface area contributed by atoms with E-state index in [2.05, 4.69) is 30.5 Å². The van der Waals surface area contributed by atoms with Crippen molar-refractivity contribution in [3.8, 4) is 5.75 Å². The number of hydrogen-bond donors (Lipinski definition) is 0. The molecule has 112 valence electrons. The van der Waals surface area contributed by atoms with Crippen LogP contribution in [0.4, 0.5) is 0 Å². The zero-order valence-electron chi connectivity index (χ0n) is 12.8. The second kappa shape index (κ2) is 6.41. The zero-order chi connectivity index (χ0) is 15.5. The average molecular weight is 310 g/mol. The lowest BCUT2D eigenvalue weighted by Crippen LogP contribution is -2.14. The fourth-order valence-corrected chi connectivity index (χ4v) is 3.13. The highest BCUT2D eigenvalue weighted by molar-refractivity contribution is 7.98. The zero-order valence-corrected chi connectivity index (χ0v) is 13.6. The van der Waals surface area contributed by atoms with E-state index in [1.807, 2.05) is 24.3 Å². The van der Waals surface area contributed by atoms with Crippen LogP contribution in [0.3, 0.4) is 0 Å². The van der Waals surface area contributed by atoms with Crippen LogP contribution in [-0.4, -0.2) is 19.1 Å². The first-order chi connectivity index (χ1) is 10.7. The maximum Gasteiger partial charge on any atom is 0.189 e. The van der Waals surface area contributed by atoms with E-state index in [1.54, 1.807) is 18.9 Å². The Balaban J connectivity index is 1.89. The van der Waals surface area contributed by atoms with E-state index in [0.717, 1.165) is 40.9 Å². The van der Waals surface area contributed by atoms with Gasteiger partial charge < -0.3 is 4.74 Å². The van der Waals surface area contributed by atoms with E-state index in [9.17, 15) is 4.79 Å². The molecular formula is C19H18O2S. The Morgan fingerprint density at radius 3 is 2.55 bits per heavy atom. The summed E-state index contributed by atoms with van der Waals surface area (Å²) in [5, 5.41) is 0. The van der Waals surface area contributed by atoms with Gasteiger partial charge in [0.2, 0.25) is 0 Å². The van der Waals surface area contributed by atoms with Gasteiger partial charge in [0.05, 0.1) is 7.11 Å². The quantitative estimate of drug-likeness (QED) is 0.611. The molecule has 3 rings (SSSR count). The third-order valence-corrected chi connectivity index (χ3v) is 4.71. The molecule has 3 heteroatoms. The van der Waals surface area contributed by atoms with Crippen LogP contribution in [0.2, 0.25) is 0 Å². The van der Waals surface area contributed by atoms with Gasteiger partial charge in [-0.1, -0.05) is 12.1 Å². The lowest BCUT2D eigenvalue weighted by Gasteiger charge is -2.18. The number of hydrogen-bond acceptors (Lipinski definition) is 3. The van der Waals surface area contributed by atoms with Crippen molar-refractivity contribution < 1.29 is 9.53 Å². The van der Waals surface area contributed by atoms with Crippen LogP contribution < -0.4 is 4.74 Å². The third kappa shape index (κ3) is 2.95. The summed E-state index contributed by atoms with van der Waals surface area (Å²) in [4.78, 5) is 13.9. The number of rotatable bonds is 3. The largest absolute Gasteiger partial charge is 0.497 e. The van der Waals surface area contributed by atoms with E-state index in [1.165, 1.54) is 4.90 Å². The predicted molar refractivity (Wildman–Crippen MR) is 91.8 cm³/mol. The number of thioether (sulfide) groups is 1. The van der Waals surface area contributed by atoms with Gasteiger partial charge in [-0.05, 0) is 66.6 Å². The van der Waals surface area contributed by atoms with Crippen LogP contribution in [0, 0.1) is 0 Å². The lowest BCUT2D eigenvalue weighted by molar-refractivity contribution is 0.102. The summed E-state index contributed by atoms with van der Waals surface area (Å²) < 4.78 is 5.23. The SMILES string of the molecule is COc1ccc2c(c1)CC/C(=C/c1ccc(SC)cc1)C2=O. The Kier molecular flexibility index (Phi) is 4.34. The highest BCUT2D eigenvalue weighted by Crippen LogP contribution is 2.29. The predicted octanol–water partition coefficient (Wildman–Crippen LogP) is 4.63. The van der Waals surface area contributed by atoms with E-state index >= 15 is 0 Å². The molecule has 0 saturated carbocycles. The highest BCUT2D eigenvalue weighted by Gasteiger charge is 2.22. The molecule has 0 heterocycles. The molecule has 0 amide bonds. The van der Waals surface area contributed by atoms with E-state index in [0.29, 0.717) is 0 Å². The summed E-state index contributed by atoms with van der Waals surface area (Å²) in [5.74, 6) is 0.949. The van der Waals surface area contributed by atoms with Gasteiger partial charge in [-0.2, -0.15) is 0 Å². The smallest absolute Gasteiger partial charge is 0.189 e. The monoisotopic (exact) mass is 310 g/mol. The Bertz CT molecular complexity index is 730. The number of allylic oxidation sites excluding steroid dienone is 1. The molecule has 0 saturated heterocycles. The average Bonchev–Trinajstić information content (AvgIpc) is 2.57. The molecule has 0 radical (unpaired) electrons. The number of carbonyl (C=O) groups excluding carboxylic acids is 1. The number of carbonyl (C=O) groups is 1. The molecule has 0 N–H and O–H groups in total. The Labute approximate surface area is 135 Å². The Morgan fingerprint density at radius 1 is 1.09 bits per heavy atom. The third-order valence-electron chi connectivity index (χ3n) is 3.97. The molecule has 0 aliphatic heterocycles. The standard InChI is InChI=1S/C19H18O2S/c1-21-16-7-10-18-14(12-16)5-6-15(19(18)20)11-13-3-8-17(22-2)9-4-13/h3-4,7-12H,5-6H2,1-2H3/b15-11-. The van der Waals surface area contributed by atoms with Crippen LogP contribution in [0.1, 0.15) is 27.9 Å². The van der Waals surface area contributed by atoms with Gasteiger partial charge in [0.25, 0.3) is 0 Å². The van der Waals surface area contributed by atoms with Crippen molar-refractivity contribution in [2.45, 2.75) is 17.7 Å².